The average molecular weight is 394 g/mol. The third-order valence-corrected chi connectivity index (χ3v) is 6.44. The molecule has 1 atom stereocenters. The second-order valence-electron chi connectivity index (χ2n) is 8.48. The van der Waals surface area contributed by atoms with Crippen molar-refractivity contribution in [2.24, 2.45) is 5.92 Å². The Labute approximate surface area is 168 Å². The van der Waals surface area contributed by atoms with Crippen molar-refractivity contribution in [3.05, 3.63) is 0 Å². The molecular formula is C20H35N5O3. The number of carbonyl (C=O) groups excluding carboxylic acids is 3. The highest BCUT2D eigenvalue weighted by atomic mass is 16.2. The van der Waals surface area contributed by atoms with Gasteiger partial charge in [-0.25, -0.2) is 0 Å². The first-order valence-corrected chi connectivity index (χ1v) is 10.7. The molecule has 28 heavy (non-hydrogen) atoms. The highest BCUT2D eigenvalue weighted by Crippen LogP contribution is 2.25. The number of hydrogen-bond donors (Lipinski definition) is 1. The van der Waals surface area contributed by atoms with Gasteiger partial charge in [-0.2, -0.15) is 0 Å². The van der Waals surface area contributed by atoms with Gasteiger partial charge in [-0.15, -0.1) is 0 Å². The molecule has 0 unspecified atom stereocenters. The molecule has 0 aromatic heterocycles. The third-order valence-electron chi connectivity index (χ3n) is 6.44. The fourth-order valence-electron chi connectivity index (χ4n) is 4.62. The number of rotatable bonds is 4. The predicted molar refractivity (Wildman–Crippen MR) is 107 cm³/mol. The van der Waals surface area contributed by atoms with E-state index in [9.17, 15) is 14.4 Å². The molecule has 158 valence electrons. The highest BCUT2D eigenvalue weighted by molar-refractivity contribution is 5.83. The van der Waals surface area contributed by atoms with Crippen LogP contribution in [0.2, 0.25) is 0 Å². The van der Waals surface area contributed by atoms with Gasteiger partial charge in [0.05, 0.1) is 12.5 Å². The molecule has 0 aliphatic carbocycles. The van der Waals surface area contributed by atoms with E-state index >= 15 is 0 Å². The maximum atomic E-state index is 12.9. The van der Waals surface area contributed by atoms with Crippen molar-refractivity contribution >= 4 is 17.7 Å². The standard InChI is InChI=1S/C20H35N5O3/c1-16(26)21-14-19(27)23-8-5-18(6-9-23)25-7-3-4-17(15-25)20(28)24-12-10-22(2)11-13-24/h17-18H,3-15H2,1-2H3,(H,21,26)/t17-/m1/s1. The van der Waals surface area contributed by atoms with Crippen molar-refractivity contribution in [2.45, 2.75) is 38.6 Å². The molecule has 3 rings (SSSR count). The van der Waals surface area contributed by atoms with E-state index in [0.29, 0.717) is 11.9 Å². The van der Waals surface area contributed by atoms with Gasteiger partial charge in [0.15, 0.2) is 0 Å². The lowest BCUT2D eigenvalue weighted by Crippen LogP contribution is -2.54. The van der Waals surface area contributed by atoms with E-state index < -0.39 is 0 Å². The molecule has 0 aromatic carbocycles. The van der Waals surface area contributed by atoms with Gasteiger partial charge in [-0.3, -0.25) is 19.3 Å². The van der Waals surface area contributed by atoms with Crippen LogP contribution in [-0.2, 0) is 14.4 Å². The summed E-state index contributed by atoms with van der Waals surface area (Å²) in [6.07, 6.45) is 3.96. The van der Waals surface area contributed by atoms with Crippen LogP contribution >= 0.6 is 0 Å². The minimum Gasteiger partial charge on any atom is -0.347 e. The van der Waals surface area contributed by atoms with Crippen LogP contribution in [0.1, 0.15) is 32.6 Å². The number of piperidine rings is 2. The first-order chi connectivity index (χ1) is 13.4. The van der Waals surface area contributed by atoms with E-state index in [1.54, 1.807) is 0 Å². The Hall–Kier alpha value is -1.67. The Balaban J connectivity index is 1.45. The van der Waals surface area contributed by atoms with Gasteiger partial charge in [0.1, 0.15) is 0 Å². The molecule has 0 bridgehead atoms. The number of likely N-dealkylation sites (tertiary alicyclic amines) is 2. The van der Waals surface area contributed by atoms with Crippen molar-refractivity contribution in [2.75, 3.05) is 66.0 Å². The summed E-state index contributed by atoms with van der Waals surface area (Å²) in [5.41, 5.74) is 0. The second-order valence-corrected chi connectivity index (χ2v) is 8.48. The number of likely N-dealkylation sites (N-methyl/N-ethyl adjacent to an activating group) is 1. The van der Waals surface area contributed by atoms with Gasteiger partial charge >= 0.3 is 0 Å². The lowest BCUT2D eigenvalue weighted by atomic mass is 9.92. The van der Waals surface area contributed by atoms with Gasteiger partial charge in [-0.05, 0) is 39.3 Å². The maximum Gasteiger partial charge on any atom is 0.241 e. The zero-order valence-electron chi connectivity index (χ0n) is 17.4. The smallest absolute Gasteiger partial charge is 0.241 e. The summed E-state index contributed by atoms with van der Waals surface area (Å²) in [7, 11) is 2.11. The first kappa shape index (κ1) is 21.0. The van der Waals surface area contributed by atoms with Crippen LogP contribution in [0.3, 0.4) is 0 Å². The number of piperazine rings is 1. The van der Waals surface area contributed by atoms with Crippen LogP contribution < -0.4 is 5.32 Å². The largest absolute Gasteiger partial charge is 0.347 e. The van der Waals surface area contributed by atoms with Crippen LogP contribution in [0.4, 0.5) is 0 Å². The molecule has 0 aromatic rings. The molecule has 0 saturated carbocycles. The minimum atomic E-state index is -0.174. The van der Waals surface area contributed by atoms with E-state index in [2.05, 4.69) is 27.1 Å². The zero-order chi connectivity index (χ0) is 20.1. The van der Waals surface area contributed by atoms with E-state index in [4.69, 9.17) is 0 Å². The summed E-state index contributed by atoms with van der Waals surface area (Å²) in [5.74, 6) is 0.278. The average Bonchev–Trinajstić information content (AvgIpc) is 2.72. The summed E-state index contributed by atoms with van der Waals surface area (Å²) < 4.78 is 0. The van der Waals surface area contributed by atoms with E-state index in [1.807, 2.05) is 4.90 Å². The van der Waals surface area contributed by atoms with Gasteiger partial charge in [0.2, 0.25) is 17.7 Å². The Bertz CT molecular complexity index is 568. The minimum absolute atomic E-state index is 0.00425. The van der Waals surface area contributed by atoms with E-state index in [-0.39, 0.29) is 24.3 Å². The first-order valence-electron chi connectivity index (χ1n) is 10.7. The van der Waals surface area contributed by atoms with Crippen LogP contribution in [0.15, 0.2) is 0 Å². The number of carbonyl (C=O) groups is 3. The molecule has 1 N–H and O–H groups in total. The Morgan fingerprint density at radius 2 is 1.57 bits per heavy atom. The van der Waals surface area contributed by atoms with Crippen molar-refractivity contribution in [1.29, 1.82) is 0 Å². The maximum absolute atomic E-state index is 12.9. The van der Waals surface area contributed by atoms with Crippen molar-refractivity contribution in [1.82, 2.24) is 24.9 Å². The lowest BCUT2D eigenvalue weighted by molar-refractivity contribution is -0.139. The zero-order valence-corrected chi connectivity index (χ0v) is 17.4. The quantitative estimate of drug-likeness (QED) is 0.703. The molecule has 3 amide bonds. The number of hydrogen-bond acceptors (Lipinski definition) is 5. The molecule has 8 heteroatoms. The molecular weight excluding hydrogens is 358 g/mol. The number of nitrogens with zero attached hydrogens (tertiary/aromatic N) is 4. The van der Waals surface area contributed by atoms with Crippen LogP contribution in [-0.4, -0.2) is 109 Å². The molecule has 0 spiro atoms. The number of nitrogens with one attached hydrogen (secondary N) is 1. The second kappa shape index (κ2) is 9.69. The van der Waals surface area contributed by atoms with Gasteiger partial charge < -0.3 is 20.0 Å². The molecule has 3 aliphatic rings. The summed E-state index contributed by atoms with van der Waals surface area (Å²) >= 11 is 0. The molecule has 0 radical (unpaired) electrons. The Morgan fingerprint density at radius 3 is 2.21 bits per heavy atom. The Morgan fingerprint density at radius 1 is 0.893 bits per heavy atom. The molecule has 3 heterocycles. The summed E-state index contributed by atoms with van der Waals surface area (Å²) in [6, 6.07) is 0.452. The van der Waals surface area contributed by atoms with Crippen LogP contribution in [0.25, 0.3) is 0 Å². The van der Waals surface area contributed by atoms with Gasteiger partial charge in [0.25, 0.3) is 0 Å². The van der Waals surface area contributed by atoms with Crippen molar-refractivity contribution < 1.29 is 14.4 Å². The van der Waals surface area contributed by atoms with Gasteiger partial charge in [-0.1, -0.05) is 0 Å². The topological polar surface area (TPSA) is 76.2 Å². The fraction of sp³-hybridized carbons (Fsp3) is 0.850. The van der Waals surface area contributed by atoms with Crippen molar-refractivity contribution in [3.8, 4) is 0 Å². The normalized spacial score (nSPS) is 25.6. The fourth-order valence-corrected chi connectivity index (χ4v) is 4.62. The van der Waals surface area contributed by atoms with E-state index in [0.717, 1.165) is 78.0 Å². The van der Waals surface area contributed by atoms with Crippen molar-refractivity contribution in [3.63, 3.8) is 0 Å². The van der Waals surface area contributed by atoms with E-state index in [1.165, 1.54) is 6.92 Å². The van der Waals surface area contributed by atoms with Crippen LogP contribution in [0.5, 0.6) is 0 Å². The number of amides is 3. The predicted octanol–water partition coefficient (Wildman–Crippen LogP) is -0.400. The molecule has 8 nitrogen and oxygen atoms in total. The third kappa shape index (κ3) is 5.44. The summed E-state index contributed by atoms with van der Waals surface area (Å²) in [5, 5.41) is 2.58. The summed E-state index contributed by atoms with van der Waals surface area (Å²) in [6.45, 7) is 8.52. The SMILES string of the molecule is CC(=O)NCC(=O)N1CCC(N2CCC[C@@H](C(=O)N3CCN(C)CC3)C2)CC1. The highest BCUT2D eigenvalue weighted by Gasteiger charge is 2.34. The van der Waals surface area contributed by atoms with Crippen LogP contribution in [0, 0.1) is 5.92 Å². The summed E-state index contributed by atoms with van der Waals surface area (Å²) in [4.78, 5) is 44.8. The Kier molecular flexibility index (Phi) is 7.29. The monoisotopic (exact) mass is 393 g/mol. The molecule has 3 fully saturated rings. The van der Waals surface area contributed by atoms with Gasteiger partial charge in [0, 0.05) is 58.8 Å². The lowest BCUT2D eigenvalue weighted by Gasteiger charge is -2.43. The molecule has 3 aliphatic heterocycles. The molecule has 3 saturated heterocycles.